The SMILES string of the molecule is Cc1ccc(-c2ccc(C(=O)N(C)CC[C@@H]3CCCCO3)cc2)c(C)n1. The first-order chi connectivity index (χ1) is 12.5. The van der Waals surface area contributed by atoms with E-state index in [4.69, 9.17) is 4.74 Å². The summed E-state index contributed by atoms with van der Waals surface area (Å²) in [4.78, 5) is 19.0. The molecule has 1 fully saturated rings. The van der Waals surface area contributed by atoms with Crippen LogP contribution in [0.5, 0.6) is 0 Å². The highest BCUT2D eigenvalue weighted by atomic mass is 16.5. The standard InChI is InChI=1S/C22H28N2O2/c1-16-7-12-21(17(2)23-16)18-8-10-19(11-9-18)22(25)24(3)14-13-20-6-4-5-15-26-20/h7-12,20H,4-6,13-15H2,1-3H3/t20-/m0/s1. The summed E-state index contributed by atoms with van der Waals surface area (Å²) in [5, 5.41) is 0. The molecule has 1 aromatic carbocycles. The van der Waals surface area contributed by atoms with Gasteiger partial charge in [0.25, 0.3) is 5.91 Å². The summed E-state index contributed by atoms with van der Waals surface area (Å²) in [7, 11) is 1.87. The Bertz CT molecular complexity index is 749. The molecule has 0 radical (unpaired) electrons. The van der Waals surface area contributed by atoms with Crippen LogP contribution < -0.4 is 0 Å². The minimum atomic E-state index is 0.0612. The molecule has 2 aromatic rings. The van der Waals surface area contributed by atoms with Crippen LogP contribution in [0.3, 0.4) is 0 Å². The van der Waals surface area contributed by atoms with Gasteiger partial charge in [0.05, 0.1) is 6.10 Å². The number of nitrogens with zero attached hydrogens (tertiary/aromatic N) is 2. The van der Waals surface area contributed by atoms with Crippen LogP contribution in [0.1, 0.15) is 47.4 Å². The van der Waals surface area contributed by atoms with Crippen molar-refractivity contribution in [2.45, 2.75) is 45.6 Å². The third-order valence-corrected chi connectivity index (χ3v) is 5.08. The molecule has 1 amide bonds. The molecule has 0 saturated carbocycles. The predicted octanol–water partition coefficient (Wildman–Crippen LogP) is 4.40. The molecule has 4 nitrogen and oxygen atoms in total. The maximum Gasteiger partial charge on any atom is 0.253 e. The molecule has 26 heavy (non-hydrogen) atoms. The Morgan fingerprint density at radius 1 is 1.15 bits per heavy atom. The maximum atomic E-state index is 12.6. The number of aryl methyl sites for hydroxylation is 2. The first kappa shape index (κ1) is 18.6. The number of carbonyl (C=O) groups is 1. The van der Waals surface area contributed by atoms with Crippen molar-refractivity contribution in [3.8, 4) is 11.1 Å². The summed E-state index contributed by atoms with van der Waals surface area (Å²) >= 11 is 0. The molecular weight excluding hydrogens is 324 g/mol. The second-order valence-electron chi connectivity index (χ2n) is 7.17. The van der Waals surface area contributed by atoms with Gasteiger partial charge in [0.1, 0.15) is 0 Å². The van der Waals surface area contributed by atoms with Gasteiger partial charge in [-0.1, -0.05) is 18.2 Å². The molecule has 3 rings (SSSR count). The lowest BCUT2D eigenvalue weighted by Gasteiger charge is -2.25. The number of rotatable bonds is 5. The van der Waals surface area contributed by atoms with E-state index in [1.54, 1.807) is 4.90 Å². The molecule has 2 heterocycles. The number of ether oxygens (including phenoxy) is 1. The largest absolute Gasteiger partial charge is 0.378 e. The predicted molar refractivity (Wildman–Crippen MR) is 104 cm³/mol. The number of aromatic nitrogens is 1. The fraction of sp³-hybridized carbons (Fsp3) is 0.455. The zero-order valence-electron chi connectivity index (χ0n) is 16.0. The van der Waals surface area contributed by atoms with Crippen molar-refractivity contribution in [1.29, 1.82) is 0 Å². The van der Waals surface area contributed by atoms with Gasteiger partial charge in [-0.25, -0.2) is 0 Å². The van der Waals surface area contributed by atoms with Crippen LogP contribution in [0.15, 0.2) is 36.4 Å². The van der Waals surface area contributed by atoms with E-state index in [1.165, 1.54) is 6.42 Å². The molecule has 0 spiro atoms. The van der Waals surface area contributed by atoms with Crippen molar-refractivity contribution in [2.24, 2.45) is 0 Å². The Balaban J connectivity index is 1.62. The average Bonchev–Trinajstić information content (AvgIpc) is 2.66. The lowest BCUT2D eigenvalue weighted by Crippen LogP contribution is -2.31. The van der Waals surface area contributed by atoms with E-state index < -0.39 is 0 Å². The van der Waals surface area contributed by atoms with Crippen molar-refractivity contribution in [3.05, 3.63) is 53.3 Å². The summed E-state index contributed by atoms with van der Waals surface area (Å²) in [6.45, 7) is 5.60. The molecule has 1 saturated heterocycles. The molecule has 4 heteroatoms. The van der Waals surface area contributed by atoms with Gasteiger partial charge in [0.15, 0.2) is 0 Å². The summed E-state index contributed by atoms with van der Waals surface area (Å²) in [6.07, 6.45) is 4.72. The van der Waals surface area contributed by atoms with Crippen LogP contribution in [-0.2, 0) is 4.74 Å². The van der Waals surface area contributed by atoms with E-state index >= 15 is 0 Å². The molecule has 1 atom stereocenters. The van der Waals surface area contributed by atoms with Crippen molar-refractivity contribution < 1.29 is 9.53 Å². The van der Waals surface area contributed by atoms with Crippen LogP contribution in [0, 0.1) is 13.8 Å². The summed E-state index contributed by atoms with van der Waals surface area (Å²) in [6, 6.07) is 11.9. The Labute approximate surface area is 156 Å². The van der Waals surface area contributed by atoms with Crippen LogP contribution in [-0.4, -0.2) is 42.1 Å². The number of hydrogen-bond donors (Lipinski definition) is 0. The van der Waals surface area contributed by atoms with E-state index in [9.17, 15) is 4.79 Å². The quantitative estimate of drug-likeness (QED) is 0.801. The van der Waals surface area contributed by atoms with Gasteiger partial charge in [-0.05, 0) is 63.3 Å². The molecule has 1 aliphatic heterocycles. The topological polar surface area (TPSA) is 42.4 Å². The van der Waals surface area contributed by atoms with Crippen LogP contribution >= 0.6 is 0 Å². The van der Waals surface area contributed by atoms with Gasteiger partial charge in [-0.15, -0.1) is 0 Å². The second-order valence-corrected chi connectivity index (χ2v) is 7.17. The minimum Gasteiger partial charge on any atom is -0.378 e. The van der Waals surface area contributed by atoms with Gasteiger partial charge in [-0.3, -0.25) is 9.78 Å². The highest BCUT2D eigenvalue weighted by molar-refractivity contribution is 5.94. The highest BCUT2D eigenvalue weighted by Crippen LogP contribution is 2.23. The van der Waals surface area contributed by atoms with E-state index in [0.717, 1.165) is 60.5 Å². The summed E-state index contributed by atoms with van der Waals surface area (Å²) in [5.41, 5.74) is 4.94. The molecule has 0 unspecified atom stereocenters. The van der Waals surface area contributed by atoms with Crippen molar-refractivity contribution in [1.82, 2.24) is 9.88 Å². The number of benzene rings is 1. The molecule has 0 N–H and O–H groups in total. The van der Waals surface area contributed by atoms with Crippen LogP contribution in [0.25, 0.3) is 11.1 Å². The molecule has 138 valence electrons. The Morgan fingerprint density at radius 2 is 1.92 bits per heavy atom. The van der Waals surface area contributed by atoms with Crippen LogP contribution in [0.4, 0.5) is 0 Å². The van der Waals surface area contributed by atoms with Crippen LogP contribution in [0.2, 0.25) is 0 Å². The molecular formula is C22H28N2O2. The zero-order chi connectivity index (χ0) is 18.5. The third-order valence-electron chi connectivity index (χ3n) is 5.08. The smallest absolute Gasteiger partial charge is 0.253 e. The van der Waals surface area contributed by atoms with Gasteiger partial charge in [0, 0.05) is 42.7 Å². The molecule has 1 aromatic heterocycles. The average molecular weight is 352 g/mol. The van der Waals surface area contributed by atoms with E-state index in [1.807, 2.05) is 51.2 Å². The first-order valence-electron chi connectivity index (χ1n) is 9.46. The first-order valence-corrected chi connectivity index (χ1v) is 9.46. The Morgan fingerprint density at radius 3 is 2.58 bits per heavy atom. The number of amides is 1. The van der Waals surface area contributed by atoms with Gasteiger partial charge >= 0.3 is 0 Å². The Hall–Kier alpha value is -2.20. The fourth-order valence-corrected chi connectivity index (χ4v) is 3.48. The fourth-order valence-electron chi connectivity index (χ4n) is 3.48. The highest BCUT2D eigenvalue weighted by Gasteiger charge is 2.17. The third kappa shape index (κ3) is 4.50. The van der Waals surface area contributed by atoms with Crippen molar-refractivity contribution in [2.75, 3.05) is 20.2 Å². The van der Waals surface area contributed by atoms with Gasteiger partial charge < -0.3 is 9.64 Å². The monoisotopic (exact) mass is 352 g/mol. The number of pyridine rings is 1. The number of hydrogen-bond acceptors (Lipinski definition) is 3. The molecule has 0 aliphatic carbocycles. The van der Waals surface area contributed by atoms with Crippen molar-refractivity contribution >= 4 is 5.91 Å². The van der Waals surface area contributed by atoms with E-state index in [2.05, 4.69) is 11.1 Å². The minimum absolute atomic E-state index is 0.0612. The zero-order valence-corrected chi connectivity index (χ0v) is 16.0. The van der Waals surface area contributed by atoms with E-state index in [0.29, 0.717) is 6.10 Å². The normalized spacial score (nSPS) is 17.1. The Kier molecular flexibility index (Phi) is 6.04. The maximum absolute atomic E-state index is 12.6. The van der Waals surface area contributed by atoms with Gasteiger partial charge in [-0.2, -0.15) is 0 Å². The molecule has 0 bridgehead atoms. The van der Waals surface area contributed by atoms with Crippen molar-refractivity contribution in [3.63, 3.8) is 0 Å². The summed E-state index contributed by atoms with van der Waals surface area (Å²) in [5.74, 6) is 0.0612. The second kappa shape index (κ2) is 8.45. The summed E-state index contributed by atoms with van der Waals surface area (Å²) < 4.78 is 5.75. The van der Waals surface area contributed by atoms with E-state index in [-0.39, 0.29) is 5.91 Å². The molecule has 1 aliphatic rings. The number of carbonyl (C=O) groups excluding carboxylic acids is 1. The lowest BCUT2D eigenvalue weighted by atomic mass is 10.0. The lowest BCUT2D eigenvalue weighted by molar-refractivity contribution is 0.00709. The van der Waals surface area contributed by atoms with Gasteiger partial charge in [0.2, 0.25) is 0 Å².